The lowest BCUT2D eigenvalue weighted by Gasteiger charge is -2.13. The number of halogens is 3. The number of amides is 1. The summed E-state index contributed by atoms with van der Waals surface area (Å²) in [5.74, 6) is 1.03. The predicted octanol–water partition coefficient (Wildman–Crippen LogP) is 5.12. The number of carbonyl (C=O) groups excluding carboxylic acids is 1. The summed E-state index contributed by atoms with van der Waals surface area (Å²) in [7, 11) is 0. The number of benzene rings is 2. The van der Waals surface area contributed by atoms with E-state index in [1.165, 1.54) is 18.2 Å². The van der Waals surface area contributed by atoms with E-state index < -0.39 is 17.6 Å². The van der Waals surface area contributed by atoms with Gasteiger partial charge in [-0.25, -0.2) is 0 Å². The van der Waals surface area contributed by atoms with Gasteiger partial charge in [0.2, 0.25) is 17.6 Å². The standard InChI is InChI=1S/C22H22F3N3O4/c1-3-30-17-10-9-14(13-18(17)31-4-2)21-27-20(32-28-21)12-11-19(29)26-16-8-6-5-7-15(16)22(23,24)25/h5-10,13H,3-4,11-12H2,1-2H3,(H,26,29). The molecule has 32 heavy (non-hydrogen) atoms. The molecule has 0 bridgehead atoms. The van der Waals surface area contributed by atoms with Crippen molar-refractivity contribution in [1.82, 2.24) is 10.1 Å². The van der Waals surface area contributed by atoms with E-state index in [-0.39, 0.29) is 24.4 Å². The van der Waals surface area contributed by atoms with E-state index in [0.717, 1.165) is 6.07 Å². The number of aryl methyl sites for hydroxylation is 1. The Bertz CT molecular complexity index is 1070. The number of carbonyl (C=O) groups is 1. The van der Waals surface area contributed by atoms with E-state index in [0.29, 0.717) is 36.1 Å². The van der Waals surface area contributed by atoms with E-state index in [2.05, 4.69) is 15.5 Å². The second kappa shape index (κ2) is 10.2. The number of ether oxygens (including phenoxy) is 2. The molecular weight excluding hydrogens is 427 g/mol. The first-order chi connectivity index (χ1) is 15.3. The number of nitrogens with one attached hydrogen (secondary N) is 1. The van der Waals surface area contributed by atoms with Crippen LogP contribution in [0.25, 0.3) is 11.4 Å². The van der Waals surface area contributed by atoms with Gasteiger partial charge >= 0.3 is 6.18 Å². The zero-order valence-corrected chi connectivity index (χ0v) is 17.5. The SMILES string of the molecule is CCOc1ccc(-c2noc(CCC(=O)Nc3ccccc3C(F)(F)F)n2)cc1OCC. The van der Waals surface area contributed by atoms with Crippen LogP contribution >= 0.6 is 0 Å². The summed E-state index contributed by atoms with van der Waals surface area (Å²) >= 11 is 0. The Morgan fingerprint density at radius 1 is 1.06 bits per heavy atom. The van der Waals surface area contributed by atoms with Crippen molar-refractivity contribution in [2.24, 2.45) is 0 Å². The minimum Gasteiger partial charge on any atom is -0.490 e. The zero-order valence-electron chi connectivity index (χ0n) is 17.5. The van der Waals surface area contributed by atoms with Crippen LogP contribution < -0.4 is 14.8 Å². The van der Waals surface area contributed by atoms with Crippen molar-refractivity contribution in [3.8, 4) is 22.9 Å². The van der Waals surface area contributed by atoms with Gasteiger partial charge in [-0.2, -0.15) is 18.2 Å². The maximum atomic E-state index is 13.1. The van der Waals surface area contributed by atoms with Gasteiger partial charge in [0.25, 0.3) is 0 Å². The average Bonchev–Trinajstić information content (AvgIpc) is 3.23. The fourth-order valence-corrected chi connectivity index (χ4v) is 2.94. The number of nitrogens with zero attached hydrogens (tertiary/aromatic N) is 2. The molecule has 0 spiro atoms. The van der Waals surface area contributed by atoms with Crippen molar-refractivity contribution in [3.63, 3.8) is 0 Å². The van der Waals surface area contributed by atoms with Gasteiger partial charge in [0.05, 0.1) is 24.5 Å². The molecule has 2 aromatic carbocycles. The smallest absolute Gasteiger partial charge is 0.418 e. The van der Waals surface area contributed by atoms with Crippen molar-refractivity contribution in [3.05, 3.63) is 53.9 Å². The highest BCUT2D eigenvalue weighted by molar-refractivity contribution is 5.91. The summed E-state index contributed by atoms with van der Waals surface area (Å²) in [4.78, 5) is 16.4. The third-order valence-corrected chi connectivity index (χ3v) is 4.34. The Labute approximate surface area is 182 Å². The molecule has 0 aliphatic rings. The molecule has 7 nitrogen and oxygen atoms in total. The van der Waals surface area contributed by atoms with Crippen LogP contribution in [0.15, 0.2) is 47.0 Å². The van der Waals surface area contributed by atoms with E-state index in [1.54, 1.807) is 18.2 Å². The molecule has 0 saturated carbocycles. The molecule has 3 rings (SSSR count). The lowest BCUT2D eigenvalue weighted by Crippen LogP contribution is -2.16. The van der Waals surface area contributed by atoms with Crippen LogP contribution in [0.4, 0.5) is 18.9 Å². The highest BCUT2D eigenvalue weighted by Crippen LogP contribution is 2.35. The molecule has 10 heteroatoms. The summed E-state index contributed by atoms with van der Waals surface area (Å²) in [5.41, 5.74) is -0.571. The topological polar surface area (TPSA) is 86.5 Å². The van der Waals surface area contributed by atoms with Crippen molar-refractivity contribution in [2.45, 2.75) is 32.9 Å². The second-order valence-electron chi connectivity index (χ2n) is 6.63. The highest BCUT2D eigenvalue weighted by atomic mass is 19.4. The van der Waals surface area contributed by atoms with Crippen LogP contribution in [-0.2, 0) is 17.4 Å². The van der Waals surface area contributed by atoms with Crippen molar-refractivity contribution in [2.75, 3.05) is 18.5 Å². The highest BCUT2D eigenvalue weighted by Gasteiger charge is 2.33. The predicted molar refractivity (Wildman–Crippen MR) is 110 cm³/mol. The van der Waals surface area contributed by atoms with Gasteiger partial charge in [0.1, 0.15) is 0 Å². The molecule has 0 atom stereocenters. The Balaban J connectivity index is 1.65. The van der Waals surface area contributed by atoms with Gasteiger partial charge in [-0.15, -0.1) is 0 Å². The molecule has 0 saturated heterocycles. The Hall–Kier alpha value is -3.56. The molecule has 0 unspecified atom stereocenters. The van der Waals surface area contributed by atoms with Gasteiger partial charge in [-0.3, -0.25) is 4.79 Å². The number of hydrogen-bond acceptors (Lipinski definition) is 6. The lowest BCUT2D eigenvalue weighted by atomic mass is 10.1. The average molecular weight is 449 g/mol. The monoisotopic (exact) mass is 449 g/mol. The molecule has 170 valence electrons. The molecule has 1 N–H and O–H groups in total. The van der Waals surface area contributed by atoms with Crippen LogP contribution in [0.1, 0.15) is 31.7 Å². The minimum absolute atomic E-state index is 0.0718. The van der Waals surface area contributed by atoms with E-state index in [9.17, 15) is 18.0 Å². The van der Waals surface area contributed by atoms with Crippen LogP contribution in [0.3, 0.4) is 0 Å². The Morgan fingerprint density at radius 2 is 1.78 bits per heavy atom. The first-order valence-electron chi connectivity index (χ1n) is 10.0. The normalized spacial score (nSPS) is 11.3. The number of para-hydroxylation sites is 1. The summed E-state index contributed by atoms with van der Waals surface area (Å²) in [6.45, 7) is 4.66. The third-order valence-electron chi connectivity index (χ3n) is 4.34. The van der Waals surface area contributed by atoms with Crippen LogP contribution in [0.5, 0.6) is 11.5 Å². The molecule has 1 heterocycles. The van der Waals surface area contributed by atoms with Crippen molar-refractivity contribution in [1.29, 1.82) is 0 Å². The molecule has 3 aromatic rings. The number of aromatic nitrogens is 2. The van der Waals surface area contributed by atoms with Gasteiger partial charge in [-0.1, -0.05) is 17.3 Å². The van der Waals surface area contributed by atoms with E-state index >= 15 is 0 Å². The minimum atomic E-state index is -4.57. The molecule has 1 amide bonds. The molecule has 0 radical (unpaired) electrons. The fourth-order valence-electron chi connectivity index (χ4n) is 2.94. The molecule has 0 aliphatic carbocycles. The van der Waals surface area contributed by atoms with E-state index in [1.807, 2.05) is 13.8 Å². The first-order valence-corrected chi connectivity index (χ1v) is 10.0. The summed E-state index contributed by atoms with van der Waals surface area (Å²) in [6.07, 6.45) is -4.62. The maximum Gasteiger partial charge on any atom is 0.418 e. The number of hydrogen-bond donors (Lipinski definition) is 1. The van der Waals surface area contributed by atoms with Crippen LogP contribution in [-0.4, -0.2) is 29.3 Å². The van der Waals surface area contributed by atoms with Crippen molar-refractivity contribution < 1.29 is 32.0 Å². The largest absolute Gasteiger partial charge is 0.490 e. The summed E-state index contributed by atoms with van der Waals surface area (Å²) < 4.78 is 55.5. The number of rotatable bonds is 9. The Morgan fingerprint density at radius 3 is 2.50 bits per heavy atom. The fraction of sp³-hybridized carbons (Fsp3) is 0.318. The molecular formula is C22H22F3N3O4. The maximum absolute atomic E-state index is 13.1. The quantitative estimate of drug-likeness (QED) is 0.488. The number of anilines is 1. The van der Waals surface area contributed by atoms with Gasteiger partial charge in [0, 0.05) is 18.4 Å². The van der Waals surface area contributed by atoms with Crippen LogP contribution in [0.2, 0.25) is 0 Å². The number of alkyl halides is 3. The third kappa shape index (κ3) is 5.77. The second-order valence-corrected chi connectivity index (χ2v) is 6.63. The molecule has 1 aromatic heterocycles. The van der Waals surface area contributed by atoms with Gasteiger partial charge < -0.3 is 19.3 Å². The molecule has 0 aliphatic heterocycles. The van der Waals surface area contributed by atoms with Gasteiger partial charge in [0.15, 0.2) is 11.5 Å². The summed E-state index contributed by atoms with van der Waals surface area (Å²) in [5, 5.41) is 6.19. The molecule has 0 fully saturated rings. The first kappa shape index (κ1) is 23.1. The summed E-state index contributed by atoms with van der Waals surface area (Å²) in [6, 6.07) is 10.0. The van der Waals surface area contributed by atoms with E-state index in [4.69, 9.17) is 14.0 Å². The van der Waals surface area contributed by atoms with Crippen molar-refractivity contribution >= 4 is 11.6 Å². The zero-order chi connectivity index (χ0) is 23.1. The lowest BCUT2D eigenvalue weighted by molar-refractivity contribution is -0.137. The van der Waals surface area contributed by atoms with Crippen LogP contribution in [0, 0.1) is 0 Å². The van der Waals surface area contributed by atoms with Gasteiger partial charge in [-0.05, 0) is 44.2 Å². The Kier molecular flexibility index (Phi) is 7.34.